The van der Waals surface area contributed by atoms with Gasteiger partial charge in [-0.3, -0.25) is 4.79 Å². The molecule has 0 radical (unpaired) electrons. The quantitative estimate of drug-likeness (QED) is 0.360. The summed E-state index contributed by atoms with van der Waals surface area (Å²) in [5.41, 5.74) is -0.0378. The Morgan fingerprint density at radius 2 is 1.74 bits per heavy atom. The van der Waals surface area contributed by atoms with Crippen LogP contribution < -0.4 is 25.0 Å². The Hall–Kier alpha value is -4.17. The number of halogens is 3. The third-order valence-corrected chi connectivity index (χ3v) is 5.46. The summed E-state index contributed by atoms with van der Waals surface area (Å²) in [6.45, 7) is 3.18. The molecule has 0 fully saturated rings. The molecule has 1 unspecified atom stereocenters. The molecule has 38 heavy (non-hydrogen) atoms. The second-order valence-corrected chi connectivity index (χ2v) is 8.61. The molecule has 0 aliphatic heterocycles. The maximum absolute atomic E-state index is 12.7. The summed E-state index contributed by atoms with van der Waals surface area (Å²) < 4.78 is 52.9. The molecule has 198 valence electrons. The first kappa shape index (κ1) is 28.4. The monoisotopic (exact) mass is 526 g/mol. The topological polar surface area (TPSA) is 101 Å². The number of amides is 1. The zero-order chi connectivity index (χ0) is 27.8. The first-order chi connectivity index (χ1) is 18.1. The van der Waals surface area contributed by atoms with Gasteiger partial charge in [0.1, 0.15) is 18.1 Å². The molecule has 3 aromatic carbocycles. The van der Waals surface area contributed by atoms with Crippen molar-refractivity contribution in [1.29, 1.82) is 5.26 Å². The van der Waals surface area contributed by atoms with E-state index in [9.17, 15) is 28.3 Å². The van der Waals surface area contributed by atoms with Gasteiger partial charge in [0.25, 0.3) is 5.91 Å². The van der Waals surface area contributed by atoms with E-state index >= 15 is 0 Å². The zero-order valence-corrected chi connectivity index (χ0v) is 20.8. The van der Waals surface area contributed by atoms with Gasteiger partial charge in [-0.1, -0.05) is 37.6 Å². The van der Waals surface area contributed by atoms with Gasteiger partial charge in [-0.15, -0.1) is 13.2 Å². The minimum absolute atomic E-state index is 0.0283. The molecule has 0 saturated heterocycles. The van der Waals surface area contributed by atoms with Crippen LogP contribution in [0.4, 0.5) is 13.2 Å². The molecule has 3 rings (SSSR count). The molecule has 0 heterocycles. The molecule has 0 aliphatic carbocycles. The molecular formula is C27H26BF3N2O5. The van der Waals surface area contributed by atoms with Crippen LogP contribution in [0.5, 0.6) is 23.0 Å². The van der Waals surface area contributed by atoms with Crippen molar-refractivity contribution in [2.45, 2.75) is 38.6 Å². The predicted molar refractivity (Wildman–Crippen MR) is 136 cm³/mol. The van der Waals surface area contributed by atoms with Gasteiger partial charge in [0.05, 0.1) is 6.07 Å². The predicted octanol–water partition coefficient (Wildman–Crippen LogP) is 4.39. The number of benzene rings is 3. The van der Waals surface area contributed by atoms with Crippen LogP contribution >= 0.6 is 0 Å². The molecule has 7 nitrogen and oxygen atoms in total. The largest absolute Gasteiger partial charge is 0.573 e. The normalized spacial score (nSPS) is 12.6. The lowest BCUT2D eigenvalue weighted by Gasteiger charge is -2.25. The number of hydrogen-bond acceptors (Lipinski definition) is 6. The Morgan fingerprint density at radius 3 is 2.32 bits per heavy atom. The van der Waals surface area contributed by atoms with Gasteiger partial charge < -0.3 is 24.6 Å². The number of nitrogens with one attached hydrogen (secondary N) is 1. The van der Waals surface area contributed by atoms with Crippen LogP contribution in [-0.2, 0) is 6.42 Å². The number of nitriles is 1. The number of para-hydroxylation sites is 1. The Labute approximate surface area is 219 Å². The second-order valence-electron chi connectivity index (χ2n) is 8.61. The van der Waals surface area contributed by atoms with Crippen molar-refractivity contribution < 1.29 is 37.2 Å². The van der Waals surface area contributed by atoms with E-state index in [4.69, 9.17) is 9.47 Å². The highest BCUT2D eigenvalue weighted by atomic mass is 19.4. The third-order valence-electron chi connectivity index (χ3n) is 5.46. The highest BCUT2D eigenvalue weighted by Gasteiger charge is 2.32. The number of aryl methyl sites for hydroxylation is 1. The Bertz CT molecular complexity index is 1280. The number of nitrogens with zero attached hydrogens (tertiary/aromatic N) is 1. The maximum Gasteiger partial charge on any atom is 0.573 e. The first-order valence-corrected chi connectivity index (χ1v) is 11.8. The van der Waals surface area contributed by atoms with Crippen molar-refractivity contribution >= 4 is 18.9 Å². The summed E-state index contributed by atoms with van der Waals surface area (Å²) in [4.78, 5) is 12.7. The van der Waals surface area contributed by atoms with E-state index in [0.717, 1.165) is 36.2 Å². The molecule has 0 aliphatic rings. The summed E-state index contributed by atoms with van der Waals surface area (Å²) >= 11 is 0. The molecule has 1 atom stereocenters. The molecular weight excluding hydrogens is 500 g/mol. The number of alkyl halides is 3. The van der Waals surface area contributed by atoms with Crippen molar-refractivity contribution in [3.05, 3.63) is 77.9 Å². The lowest BCUT2D eigenvalue weighted by atomic mass is 9.81. The van der Waals surface area contributed by atoms with Crippen molar-refractivity contribution in [1.82, 2.24) is 5.32 Å². The van der Waals surface area contributed by atoms with Crippen LogP contribution in [0.15, 0.2) is 66.7 Å². The smallest absolute Gasteiger partial charge is 0.486 e. The molecule has 11 heteroatoms. The van der Waals surface area contributed by atoms with Crippen molar-refractivity contribution in [3.8, 4) is 29.1 Å². The number of ether oxygens (including phenoxy) is 3. The van der Waals surface area contributed by atoms with Crippen LogP contribution in [0.1, 0.15) is 36.2 Å². The van der Waals surface area contributed by atoms with Crippen LogP contribution in [0.3, 0.4) is 0 Å². The fourth-order valence-electron chi connectivity index (χ4n) is 3.61. The highest BCUT2D eigenvalue weighted by Crippen LogP contribution is 2.32. The molecule has 1 amide bonds. The van der Waals surface area contributed by atoms with Crippen LogP contribution in [0, 0.1) is 11.3 Å². The van der Waals surface area contributed by atoms with E-state index in [1.54, 1.807) is 30.3 Å². The highest BCUT2D eigenvalue weighted by molar-refractivity contribution is 6.48. The number of carbonyl (C=O) groups is 1. The van der Waals surface area contributed by atoms with E-state index in [-0.39, 0.29) is 25.4 Å². The maximum atomic E-state index is 12.7. The molecule has 3 aromatic rings. The first-order valence-electron chi connectivity index (χ1n) is 11.8. The Kier molecular flexibility index (Phi) is 9.26. The van der Waals surface area contributed by atoms with Crippen molar-refractivity contribution in [3.63, 3.8) is 0 Å². The summed E-state index contributed by atoms with van der Waals surface area (Å²) in [5, 5.41) is 22.5. The fourth-order valence-corrected chi connectivity index (χ4v) is 3.61. The van der Waals surface area contributed by atoms with Crippen molar-refractivity contribution in [2.75, 3.05) is 6.61 Å². The van der Waals surface area contributed by atoms with E-state index in [1.165, 1.54) is 6.92 Å². The summed E-state index contributed by atoms with van der Waals surface area (Å²) in [5.74, 6) is -0.0717. The van der Waals surface area contributed by atoms with Gasteiger partial charge in [-0.05, 0) is 66.8 Å². The van der Waals surface area contributed by atoms with Gasteiger partial charge in [0.2, 0.25) is 0 Å². The standard InChI is InChI=1S/C27H26BF3N2O5/c1-3-7-18-12-15-22(24(23(18)28-35)37-20-8-5-4-6-9-20)36-17-26(2,16-32)33-25(34)19-10-13-21(14-11-19)38-27(29,30)31/h4-6,8-15,28,35H,3,7,17H2,1-2H3,(H,33,34). The van der Waals surface area contributed by atoms with Crippen LogP contribution in [0.2, 0.25) is 0 Å². The minimum Gasteiger partial charge on any atom is -0.486 e. The molecule has 0 aromatic heterocycles. The molecule has 0 saturated carbocycles. The molecule has 0 bridgehead atoms. The second kappa shape index (κ2) is 12.4. The van der Waals surface area contributed by atoms with Gasteiger partial charge in [0, 0.05) is 5.56 Å². The van der Waals surface area contributed by atoms with Crippen LogP contribution in [-0.4, -0.2) is 36.9 Å². The Morgan fingerprint density at radius 1 is 1.05 bits per heavy atom. The summed E-state index contributed by atoms with van der Waals surface area (Å²) in [6.07, 6.45) is -3.30. The van der Waals surface area contributed by atoms with E-state index in [2.05, 4.69) is 10.1 Å². The van der Waals surface area contributed by atoms with Crippen molar-refractivity contribution in [2.24, 2.45) is 0 Å². The number of hydrogen-bond donors (Lipinski definition) is 2. The van der Waals surface area contributed by atoms with E-state index in [0.29, 0.717) is 23.4 Å². The minimum atomic E-state index is -4.85. The molecule has 2 N–H and O–H groups in total. The third kappa shape index (κ3) is 7.67. The average molecular weight is 526 g/mol. The lowest BCUT2D eigenvalue weighted by Crippen LogP contribution is -2.49. The van der Waals surface area contributed by atoms with Gasteiger partial charge in [0.15, 0.2) is 17.0 Å². The van der Waals surface area contributed by atoms with E-state index < -0.39 is 23.6 Å². The average Bonchev–Trinajstić information content (AvgIpc) is 2.88. The van der Waals surface area contributed by atoms with Gasteiger partial charge in [-0.2, -0.15) is 5.26 Å². The lowest BCUT2D eigenvalue weighted by molar-refractivity contribution is -0.274. The number of carbonyl (C=O) groups excluding carboxylic acids is 1. The van der Waals surface area contributed by atoms with Gasteiger partial charge >= 0.3 is 13.8 Å². The van der Waals surface area contributed by atoms with Gasteiger partial charge in [-0.25, -0.2) is 0 Å². The summed E-state index contributed by atoms with van der Waals surface area (Å²) in [6, 6.07) is 18.8. The van der Waals surface area contributed by atoms with E-state index in [1.807, 2.05) is 25.1 Å². The number of rotatable bonds is 11. The molecule has 0 spiro atoms. The SMILES string of the molecule is CCCc1ccc(OCC(C)(C#N)NC(=O)c2ccc(OC(F)(F)F)cc2)c(Oc2ccccc2)c1BO. The Balaban J connectivity index is 1.80. The summed E-state index contributed by atoms with van der Waals surface area (Å²) in [7, 11) is -0.297. The van der Waals surface area contributed by atoms with Crippen LogP contribution in [0.25, 0.3) is 0 Å². The zero-order valence-electron chi connectivity index (χ0n) is 20.8. The fraction of sp³-hybridized carbons (Fsp3) is 0.259.